The number of aliphatic carboxylic acids is 1. The predicted octanol–water partition coefficient (Wildman–Crippen LogP) is 0.0629. The van der Waals surface area contributed by atoms with Gasteiger partial charge in [-0.15, -0.1) is 0 Å². The van der Waals surface area contributed by atoms with E-state index in [1.54, 1.807) is 6.92 Å². The van der Waals surface area contributed by atoms with E-state index in [4.69, 9.17) is 5.11 Å². The van der Waals surface area contributed by atoms with Gasteiger partial charge in [0.05, 0.1) is 12.2 Å². The van der Waals surface area contributed by atoms with Crippen LogP contribution in [0.4, 0.5) is 0 Å². The molecule has 6 nitrogen and oxygen atoms in total. The monoisotopic (exact) mass is 278 g/mol. The maximum absolute atomic E-state index is 11.4. The summed E-state index contributed by atoms with van der Waals surface area (Å²) < 4.78 is 24.2. The number of carbonyl (C=O) groups is 1. The molecule has 0 radical (unpaired) electrons. The van der Waals surface area contributed by atoms with E-state index in [1.165, 1.54) is 10.6 Å². The molecule has 0 aromatic carbocycles. The van der Waals surface area contributed by atoms with Gasteiger partial charge in [-0.05, 0) is 19.9 Å². The van der Waals surface area contributed by atoms with Crippen molar-refractivity contribution in [2.45, 2.75) is 25.8 Å². The van der Waals surface area contributed by atoms with Crippen molar-refractivity contribution in [2.24, 2.45) is 5.92 Å². The van der Waals surface area contributed by atoms with Crippen LogP contribution in [0.2, 0.25) is 0 Å². The third-order valence-corrected chi connectivity index (χ3v) is 4.80. The van der Waals surface area contributed by atoms with Crippen LogP contribution < -0.4 is 0 Å². The Balaban J connectivity index is 2.45. The van der Waals surface area contributed by atoms with Crippen LogP contribution in [0, 0.1) is 5.92 Å². The van der Waals surface area contributed by atoms with Gasteiger partial charge in [-0.3, -0.25) is 4.79 Å². The highest BCUT2D eigenvalue weighted by Gasteiger charge is 2.28. The molecule has 1 aliphatic heterocycles. The first-order valence-corrected chi connectivity index (χ1v) is 7.95. The van der Waals surface area contributed by atoms with Crippen molar-refractivity contribution in [1.82, 2.24) is 9.21 Å². The summed E-state index contributed by atoms with van der Waals surface area (Å²) >= 11 is 0. The lowest BCUT2D eigenvalue weighted by Crippen LogP contribution is -2.46. The average Bonchev–Trinajstić information content (AvgIpc) is 2.27. The molecule has 0 aliphatic carbocycles. The first-order chi connectivity index (χ1) is 8.21. The normalized spacial score (nSPS) is 21.1. The summed E-state index contributed by atoms with van der Waals surface area (Å²) in [6.45, 7) is 3.23. The largest absolute Gasteiger partial charge is 0.481 e. The fourth-order valence-electron chi connectivity index (χ4n) is 2.27. The van der Waals surface area contributed by atoms with Crippen LogP contribution in [0.15, 0.2) is 0 Å². The Kier molecular flexibility index (Phi) is 5.12. The average molecular weight is 278 g/mol. The lowest BCUT2D eigenvalue weighted by molar-refractivity contribution is -0.141. The molecule has 0 spiro atoms. The molecule has 1 rings (SSSR count). The van der Waals surface area contributed by atoms with Crippen LogP contribution >= 0.6 is 0 Å². The van der Waals surface area contributed by atoms with Gasteiger partial charge in [0, 0.05) is 25.7 Å². The Bertz CT molecular complexity index is 388. The maximum atomic E-state index is 11.4. The summed E-state index contributed by atoms with van der Waals surface area (Å²) in [5.74, 6) is -1.20. The van der Waals surface area contributed by atoms with Crippen molar-refractivity contribution in [3.8, 4) is 0 Å². The summed E-state index contributed by atoms with van der Waals surface area (Å²) in [6, 6.07) is 0.268. The summed E-state index contributed by atoms with van der Waals surface area (Å²) in [7, 11) is -1.19. The Labute approximate surface area is 109 Å². The molecule has 0 amide bonds. The smallest absolute Gasteiger partial charge is 0.307 e. The van der Waals surface area contributed by atoms with Gasteiger partial charge in [-0.2, -0.15) is 0 Å². The number of carboxylic acid groups (broad SMARTS) is 1. The number of piperidine rings is 1. The van der Waals surface area contributed by atoms with Gasteiger partial charge in [0.2, 0.25) is 10.0 Å². The summed E-state index contributed by atoms with van der Waals surface area (Å²) in [4.78, 5) is 12.8. The first-order valence-electron chi connectivity index (χ1n) is 6.10. The molecule has 1 aliphatic rings. The molecule has 18 heavy (non-hydrogen) atoms. The quantitative estimate of drug-likeness (QED) is 0.769. The molecule has 7 heteroatoms. The highest BCUT2D eigenvalue weighted by Crippen LogP contribution is 2.18. The Morgan fingerprint density at radius 2 is 1.94 bits per heavy atom. The molecule has 0 bridgehead atoms. The van der Waals surface area contributed by atoms with Gasteiger partial charge in [0.25, 0.3) is 0 Å². The second-order valence-corrected chi connectivity index (χ2v) is 7.05. The summed E-state index contributed by atoms with van der Waals surface area (Å²) in [5.41, 5.74) is 0. The Hall–Kier alpha value is -0.660. The fourth-order valence-corrected chi connectivity index (χ4v) is 3.15. The number of rotatable bonds is 5. The maximum Gasteiger partial charge on any atom is 0.307 e. The minimum Gasteiger partial charge on any atom is -0.481 e. The first kappa shape index (κ1) is 15.4. The van der Waals surface area contributed by atoms with Gasteiger partial charge < -0.3 is 10.0 Å². The van der Waals surface area contributed by atoms with E-state index < -0.39 is 21.9 Å². The van der Waals surface area contributed by atoms with E-state index in [1.807, 2.05) is 11.9 Å². The van der Waals surface area contributed by atoms with Crippen molar-refractivity contribution >= 4 is 16.0 Å². The van der Waals surface area contributed by atoms with E-state index in [2.05, 4.69) is 0 Å². The van der Waals surface area contributed by atoms with Crippen LogP contribution in [0.5, 0.6) is 0 Å². The molecule has 1 saturated heterocycles. The number of sulfonamides is 1. The molecular formula is C11H22N2O4S. The molecule has 1 atom stereocenters. The van der Waals surface area contributed by atoms with E-state index in [9.17, 15) is 13.2 Å². The molecule has 0 saturated carbocycles. The molecule has 1 fully saturated rings. The second-order valence-electron chi connectivity index (χ2n) is 5.07. The van der Waals surface area contributed by atoms with Gasteiger partial charge in [-0.1, -0.05) is 6.92 Å². The lowest BCUT2D eigenvalue weighted by Gasteiger charge is -2.36. The SMILES string of the molecule is CC(CN(C)C1CCN(S(C)(=O)=O)CC1)C(=O)O. The van der Waals surface area contributed by atoms with Crippen molar-refractivity contribution < 1.29 is 18.3 Å². The molecule has 1 N–H and O–H groups in total. The zero-order chi connectivity index (χ0) is 13.9. The van der Waals surface area contributed by atoms with Crippen LogP contribution in [-0.2, 0) is 14.8 Å². The zero-order valence-corrected chi connectivity index (χ0v) is 12.0. The number of hydrogen-bond acceptors (Lipinski definition) is 4. The Morgan fingerprint density at radius 3 is 2.33 bits per heavy atom. The van der Waals surface area contributed by atoms with Crippen molar-refractivity contribution in [3.63, 3.8) is 0 Å². The minimum absolute atomic E-state index is 0.268. The van der Waals surface area contributed by atoms with Gasteiger partial charge >= 0.3 is 5.97 Å². The molecule has 0 aromatic rings. The van der Waals surface area contributed by atoms with E-state index >= 15 is 0 Å². The van der Waals surface area contributed by atoms with Gasteiger partial charge in [0.1, 0.15) is 0 Å². The lowest BCUT2D eigenvalue weighted by atomic mass is 10.0. The molecule has 1 heterocycles. The summed E-state index contributed by atoms with van der Waals surface area (Å²) in [5, 5.41) is 8.86. The third-order valence-electron chi connectivity index (χ3n) is 3.50. The van der Waals surface area contributed by atoms with Crippen LogP contribution in [0.1, 0.15) is 19.8 Å². The van der Waals surface area contributed by atoms with Crippen LogP contribution in [0.3, 0.4) is 0 Å². The van der Waals surface area contributed by atoms with Crippen LogP contribution in [0.25, 0.3) is 0 Å². The van der Waals surface area contributed by atoms with E-state index in [-0.39, 0.29) is 6.04 Å². The van der Waals surface area contributed by atoms with Gasteiger partial charge in [-0.25, -0.2) is 12.7 Å². The van der Waals surface area contributed by atoms with Crippen molar-refractivity contribution in [2.75, 3.05) is 32.9 Å². The molecule has 0 aromatic heterocycles. The number of nitrogens with zero attached hydrogens (tertiary/aromatic N) is 2. The van der Waals surface area contributed by atoms with E-state index in [0.717, 1.165) is 12.8 Å². The molecule has 1 unspecified atom stereocenters. The van der Waals surface area contributed by atoms with Gasteiger partial charge in [0.15, 0.2) is 0 Å². The topological polar surface area (TPSA) is 77.9 Å². The molecule has 106 valence electrons. The summed E-state index contributed by atoms with van der Waals surface area (Å²) in [6.07, 6.45) is 2.75. The highest BCUT2D eigenvalue weighted by atomic mass is 32.2. The van der Waals surface area contributed by atoms with Crippen molar-refractivity contribution in [3.05, 3.63) is 0 Å². The molecular weight excluding hydrogens is 256 g/mol. The van der Waals surface area contributed by atoms with Crippen LogP contribution in [-0.4, -0.2) is 67.7 Å². The Morgan fingerprint density at radius 1 is 1.44 bits per heavy atom. The minimum atomic E-state index is -3.09. The zero-order valence-electron chi connectivity index (χ0n) is 11.2. The fraction of sp³-hybridized carbons (Fsp3) is 0.909. The number of carboxylic acids is 1. The standard InChI is InChI=1S/C11H22N2O4S/c1-9(11(14)15)8-12(2)10-4-6-13(7-5-10)18(3,16)17/h9-10H,4-8H2,1-3H3,(H,14,15). The highest BCUT2D eigenvalue weighted by molar-refractivity contribution is 7.88. The van der Waals surface area contributed by atoms with Crippen molar-refractivity contribution in [1.29, 1.82) is 0 Å². The second kappa shape index (κ2) is 5.99. The third kappa shape index (κ3) is 4.22. The number of hydrogen-bond donors (Lipinski definition) is 1. The predicted molar refractivity (Wildman–Crippen MR) is 68.9 cm³/mol. The van der Waals surface area contributed by atoms with E-state index in [0.29, 0.717) is 19.6 Å².